The molecule has 1 aliphatic carbocycles. The van der Waals surface area contributed by atoms with Crippen LogP contribution >= 0.6 is 11.8 Å². The maximum atomic E-state index is 10.8. The van der Waals surface area contributed by atoms with Gasteiger partial charge in [-0.05, 0) is 32.1 Å². The summed E-state index contributed by atoms with van der Waals surface area (Å²) in [5.41, 5.74) is 1.72. The van der Waals surface area contributed by atoms with Gasteiger partial charge in [0.2, 0.25) is 0 Å². The minimum absolute atomic E-state index is 0.184. The third-order valence-corrected chi connectivity index (χ3v) is 4.68. The number of nitro benzene ring substituents is 1. The van der Waals surface area contributed by atoms with Crippen LogP contribution in [0.2, 0.25) is 0 Å². The van der Waals surface area contributed by atoms with Gasteiger partial charge in [0.05, 0.1) is 4.92 Å². The molecule has 2 rings (SSSR count). The molecule has 0 spiro atoms. The molecule has 1 N–H and O–H groups in total. The molecule has 0 unspecified atom stereocenters. The zero-order chi connectivity index (χ0) is 12.5. The second kappa shape index (κ2) is 4.56. The Morgan fingerprint density at radius 2 is 2.24 bits per heavy atom. The molecule has 5 heteroatoms. The summed E-state index contributed by atoms with van der Waals surface area (Å²) in [4.78, 5) is 10.5. The number of hydrogen-bond acceptors (Lipinski definition) is 4. The summed E-state index contributed by atoms with van der Waals surface area (Å²) >= 11 is 1.87. The fraction of sp³-hybridized carbons (Fsp3) is 0.500. The average molecular weight is 252 g/mol. The lowest BCUT2D eigenvalue weighted by atomic mass is 10.2. The first-order valence-corrected chi connectivity index (χ1v) is 6.83. The molecule has 0 heterocycles. The second-order valence-corrected chi connectivity index (χ2v) is 5.77. The van der Waals surface area contributed by atoms with Gasteiger partial charge in [0.25, 0.3) is 5.69 Å². The molecule has 4 nitrogen and oxygen atoms in total. The third kappa shape index (κ3) is 2.72. The predicted octanol–water partition coefficient (Wildman–Crippen LogP) is 3.21. The number of benzene rings is 1. The fourth-order valence-corrected chi connectivity index (χ4v) is 2.50. The van der Waals surface area contributed by atoms with Gasteiger partial charge in [-0.15, -0.1) is 0 Å². The van der Waals surface area contributed by atoms with Crippen LogP contribution in [-0.4, -0.2) is 22.5 Å². The van der Waals surface area contributed by atoms with E-state index >= 15 is 0 Å². The highest BCUT2D eigenvalue weighted by Gasteiger charge is 2.41. The zero-order valence-corrected chi connectivity index (χ0v) is 10.8. The third-order valence-electron chi connectivity index (χ3n) is 3.26. The van der Waals surface area contributed by atoms with Crippen molar-refractivity contribution in [3.63, 3.8) is 0 Å². The average Bonchev–Trinajstić information content (AvgIpc) is 3.08. The van der Waals surface area contributed by atoms with Crippen molar-refractivity contribution >= 4 is 23.1 Å². The van der Waals surface area contributed by atoms with Crippen molar-refractivity contribution in [2.45, 2.75) is 24.5 Å². The Morgan fingerprint density at radius 1 is 1.53 bits per heavy atom. The van der Waals surface area contributed by atoms with Gasteiger partial charge in [-0.1, -0.05) is 6.07 Å². The summed E-state index contributed by atoms with van der Waals surface area (Å²) in [5, 5.41) is 14.1. The largest absolute Gasteiger partial charge is 0.383 e. The van der Waals surface area contributed by atoms with E-state index in [0.29, 0.717) is 10.3 Å². The summed E-state index contributed by atoms with van der Waals surface area (Å²) < 4.78 is 0.361. The van der Waals surface area contributed by atoms with E-state index in [-0.39, 0.29) is 10.6 Å². The first kappa shape index (κ1) is 12.2. The Hall–Kier alpha value is -1.23. The van der Waals surface area contributed by atoms with Crippen LogP contribution in [0.3, 0.4) is 0 Å². The Bertz CT molecular complexity index is 444. The lowest BCUT2D eigenvalue weighted by molar-refractivity contribution is -0.385. The van der Waals surface area contributed by atoms with Crippen molar-refractivity contribution in [3.8, 4) is 0 Å². The number of nitrogens with zero attached hydrogens (tertiary/aromatic N) is 1. The van der Waals surface area contributed by atoms with E-state index in [0.717, 1.165) is 12.2 Å². The number of hydrogen-bond donors (Lipinski definition) is 1. The number of nitro groups is 1. The second-order valence-electron chi connectivity index (χ2n) is 4.50. The van der Waals surface area contributed by atoms with Crippen molar-refractivity contribution in [2.75, 3.05) is 18.1 Å². The fourth-order valence-electron chi connectivity index (χ4n) is 1.77. The van der Waals surface area contributed by atoms with E-state index in [1.807, 2.05) is 17.8 Å². The van der Waals surface area contributed by atoms with Crippen LogP contribution in [0.5, 0.6) is 0 Å². The van der Waals surface area contributed by atoms with E-state index in [4.69, 9.17) is 0 Å². The monoisotopic (exact) mass is 252 g/mol. The molecule has 1 aliphatic rings. The van der Waals surface area contributed by atoms with Crippen molar-refractivity contribution in [1.29, 1.82) is 0 Å². The van der Waals surface area contributed by atoms with Gasteiger partial charge in [-0.2, -0.15) is 11.8 Å². The lowest BCUT2D eigenvalue weighted by Crippen LogP contribution is -2.17. The molecule has 17 heavy (non-hydrogen) atoms. The molecule has 1 aromatic rings. The Labute approximate surface area is 105 Å². The van der Waals surface area contributed by atoms with E-state index in [2.05, 4.69) is 11.6 Å². The van der Waals surface area contributed by atoms with Crippen LogP contribution in [0.1, 0.15) is 18.4 Å². The molecule has 0 aliphatic heterocycles. The van der Waals surface area contributed by atoms with Gasteiger partial charge in [0, 0.05) is 28.6 Å². The standard InChI is InChI=1S/C12H16N2O2S/c1-9-3-4-10(7-11(9)14(15)16)13-8-12(17-2)5-6-12/h3-4,7,13H,5-6,8H2,1-2H3. The van der Waals surface area contributed by atoms with E-state index in [1.165, 1.54) is 12.8 Å². The summed E-state index contributed by atoms with van der Waals surface area (Å²) in [7, 11) is 0. The van der Waals surface area contributed by atoms with Crippen molar-refractivity contribution < 1.29 is 4.92 Å². The highest BCUT2D eigenvalue weighted by Crippen LogP contribution is 2.47. The maximum absolute atomic E-state index is 10.8. The summed E-state index contributed by atoms with van der Waals surface area (Å²) in [5.74, 6) is 0. The highest BCUT2D eigenvalue weighted by atomic mass is 32.2. The van der Waals surface area contributed by atoms with Gasteiger partial charge in [0.15, 0.2) is 0 Å². The quantitative estimate of drug-likeness (QED) is 0.645. The number of thioether (sulfide) groups is 1. The maximum Gasteiger partial charge on any atom is 0.274 e. The van der Waals surface area contributed by atoms with Gasteiger partial charge >= 0.3 is 0 Å². The van der Waals surface area contributed by atoms with E-state index in [9.17, 15) is 10.1 Å². The van der Waals surface area contributed by atoms with Gasteiger partial charge < -0.3 is 5.32 Å². The van der Waals surface area contributed by atoms with Crippen LogP contribution in [-0.2, 0) is 0 Å². The minimum atomic E-state index is -0.331. The van der Waals surface area contributed by atoms with Gasteiger partial charge in [0.1, 0.15) is 0 Å². The highest BCUT2D eigenvalue weighted by molar-refractivity contribution is 8.00. The molecule has 0 bridgehead atoms. The van der Waals surface area contributed by atoms with Crippen molar-refractivity contribution in [2.24, 2.45) is 0 Å². The Balaban J connectivity index is 2.06. The van der Waals surface area contributed by atoms with Gasteiger partial charge in [-0.3, -0.25) is 10.1 Å². The van der Waals surface area contributed by atoms with Crippen LogP contribution in [0.4, 0.5) is 11.4 Å². The number of aryl methyl sites for hydroxylation is 1. The van der Waals surface area contributed by atoms with Crippen molar-refractivity contribution in [1.82, 2.24) is 0 Å². The molecule has 1 saturated carbocycles. The molecular formula is C12H16N2O2S. The Kier molecular flexibility index (Phi) is 3.28. The molecule has 0 aromatic heterocycles. The smallest absolute Gasteiger partial charge is 0.274 e. The minimum Gasteiger partial charge on any atom is -0.383 e. The van der Waals surface area contributed by atoms with Crippen LogP contribution < -0.4 is 5.32 Å². The molecule has 0 saturated heterocycles. The summed E-state index contributed by atoms with van der Waals surface area (Å²) in [6.07, 6.45) is 4.58. The van der Waals surface area contributed by atoms with E-state index in [1.54, 1.807) is 19.1 Å². The molecule has 1 aromatic carbocycles. The summed E-state index contributed by atoms with van der Waals surface area (Å²) in [6, 6.07) is 5.31. The molecule has 0 radical (unpaired) electrons. The molecule has 1 fully saturated rings. The first-order chi connectivity index (χ1) is 8.06. The first-order valence-electron chi connectivity index (χ1n) is 5.60. The van der Waals surface area contributed by atoms with Crippen LogP contribution in [0.25, 0.3) is 0 Å². The number of rotatable bonds is 5. The number of anilines is 1. The van der Waals surface area contributed by atoms with E-state index < -0.39 is 0 Å². The Morgan fingerprint density at radius 3 is 2.76 bits per heavy atom. The molecule has 92 valence electrons. The van der Waals surface area contributed by atoms with Gasteiger partial charge in [-0.25, -0.2) is 0 Å². The lowest BCUT2D eigenvalue weighted by Gasteiger charge is -2.14. The van der Waals surface area contributed by atoms with Crippen LogP contribution in [0.15, 0.2) is 18.2 Å². The molecule has 0 amide bonds. The zero-order valence-electron chi connectivity index (χ0n) is 10.0. The predicted molar refractivity (Wildman–Crippen MR) is 71.8 cm³/mol. The normalized spacial score (nSPS) is 16.6. The molecular weight excluding hydrogens is 236 g/mol. The summed E-state index contributed by atoms with van der Waals surface area (Å²) in [6.45, 7) is 2.64. The van der Waals surface area contributed by atoms with Crippen molar-refractivity contribution in [3.05, 3.63) is 33.9 Å². The number of nitrogens with one attached hydrogen (secondary N) is 1. The molecule has 0 atom stereocenters. The topological polar surface area (TPSA) is 55.2 Å². The SMILES string of the molecule is CSC1(CNc2ccc(C)c([N+](=O)[O-])c2)CC1. The van der Waals surface area contributed by atoms with Crippen LogP contribution in [0, 0.1) is 17.0 Å².